The number of nitrogens with zero attached hydrogens (tertiary/aromatic N) is 2. The van der Waals surface area contributed by atoms with Crippen LogP contribution in [0.1, 0.15) is 21.5 Å². The molecule has 0 aromatic heterocycles. The highest BCUT2D eigenvalue weighted by molar-refractivity contribution is 6.12. The summed E-state index contributed by atoms with van der Waals surface area (Å²) in [6, 6.07) is 17.2. The number of benzene rings is 2. The first-order valence-electron chi connectivity index (χ1n) is 7.20. The lowest BCUT2D eigenvalue weighted by molar-refractivity contribution is -0.877. The quantitative estimate of drug-likeness (QED) is 0.402. The van der Waals surface area contributed by atoms with Gasteiger partial charge in [0.25, 0.3) is 5.91 Å². The summed E-state index contributed by atoms with van der Waals surface area (Å²) in [5.41, 5.74) is 2.63. The molecule has 114 valence electrons. The van der Waals surface area contributed by atoms with Crippen LogP contribution in [-0.2, 0) is 0 Å². The van der Waals surface area contributed by atoms with E-state index in [1.54, 1.807) is 0 Å². The molecular formula is C18H22N3O+. The van der Waals surface area contributed by atoms with Gasteiger partial charge in [0.15, 0.2) is 5.84 Å². The van der Waals surface area contributed by atoms with Crippen molar-refractivity contribution >= 4 is 11.7 Å². The average Bonchev–Trinajstić information content (AvgIpc) is 2.47. The highest BCUT2D eigenvalue weighted by Gasteiger charge is 2.15. The Morgan fingerprint density at radius 2 is 1.50 bits per heavy atom. The van der Waals surface area contributed by atoms with E-state index in [9.17, 15) is 4.79 Å². The van der Waals surface area contributed by atoms with Crippen molar-refractivity contribution in [1.29, 1.82) is 0 Å². The molecule has 22 heavy (non-hydrogen) atoms. The third kappa shape index (κ3) is 4.53. The number of carbonyl (C=O) groups excluding carboxylic acids is 1. The lowest BCUT2D eigenvalue weighted by Crippen LogP contribution is -2.37. The maximum atomic E-state index is 12.4. The summed E-state index contributed by atoms with van der Waals surface area (Å²) in [6.45, 7) is 2.00. The number of carbonyl (C=O) groups is 1. The fraction of sp³-hybridized carbons (Fsp3) is 0.222. The Labute approximate surface area is 131 Å². The van der Waals surface area contributed by atoms with Crippen LogP contribution in [0.3, 0.4) is 0 Å². The number of amidine groups is 1. The van der Waals surface area contributed by atoms with E-state index in [1.807, 2.05) is 82.7 Å². The minimum Gasteiger partial charge on any atom is -0.302 e. The summed E-state index contributed by atoms with van der Waals surface area (Å²) in [4.78, 5) is 12.4. The first-order chi connectivity index (χ1) is 10.3. The Kier molecular flexibility index (Phi) is 4.73. The molecule has 2 rings (SSSR count). The Balaban J connectivity index is 2.29. The zero-order chi connectivity index (χ0) is 16.2. The second kappa shape index (κ2) is 6.54. The molecule has 1 amide bonds. The van der Waals surface area contributed by atoms with Gasteiger partial charge in [0, 0.05) is 11.1 Å². The number of aryl methyl sites for hydroxylation is 1. The van der Waals surface area contributed by atoms with E-state index in [4.69, 9.17) is 0 Å². The fourth-order valence-corrected chi connectivity index (χ4v) is 1.94. The van der Waals surface area contributed by atoms with Gasteiger partial charge in [0.05, 0.1) is 21.1 Å². The molecule has 0 fully saturated rings. The Hall–Kier alpha value is -2.46. The van der Waals surface area contributed by atoms with Gasteiger partial charge in [-0.25, -0.2) is 4.59 Å². The highest BCUT2D eigenvalue weighted by atomic mass is 16.1. The van der Waals surface area contributed by atoms with Crippen LogP contribution in [0.4, 0.5) is 0 Å². The second-order valence-electron chi connectivity index (χ2n) is 6.08. The topological polar surface area (TPSA) is 41.5 Å². The first-order valence-corrected chi connectivity index (χ1v) is 7.20. The largest absolute Gasteiger partial charge is 0.302 e. The molecule has 0 heterocycles. The highest BCUT2D eigenvalue weighted by Crippen LogP contribution is 2.06. The number of hydrogen-bond acceptors (Lipinski definition) is 2. The van der Waals surface area contributed by atoms with Crippen molar-refractivity contribution in [3.63, 3.8) is 0 Å². The smallest absolute Gasteiger partial charge is 0.256 e. The Morgan fingerprint density at radius 1 is 0.909 bits per heavy atom. The second-order valence-corrected chi connectivity index (χ2v) is 6.08. The molecule has 2 aromatic rings. The van der Waals surface area contributed by atoms with E-state index in [1.165, 1.54) is 0 Å². The maximum Gasteiger partial charge on any atom is 0.256 e. The van der Waals surface area contributed by atoms with Crippen LogP contribution < -0.4 is 5.32 Å². The first kappa shape index (κ1) is 15.9. The number of rotatable bonds is 3. The molecule has 0 unspecified atom stereocenters. The number of quaternary nitrogens is 1. The fourth-order valence-electron chi connectivity index (χ4n) is 1.94. The van der Waals surface area contributed by atoms with Gasteiger partial charge in [-0.3, -0.25) is 4.79 Å². The predicted molar refractivity (Wildman–Crippen MR) is 89.7 cm³/mol. The van der Waals surface area contributed by atoms with Gasteiger partial charge in [0.2, 0.25) is 0 Å². The van der Waals surface area contributed by atoms with E-state index in [0.29, 0.717) is 16.0 Å². The molecule has 0 bridgehead atoms. The summed E-state index contributed by atoms with van der Waals surface area (Å²) < 4.78 is 0.373. The predicted octanol–water partition coefficient (Wildman–Crippen LogP) is 2.79. The molecule has 0 radical (unpaired) electrons. The van der Waals surface area contributed by atoms with Gasteiger partial charge in [-0.15, -0.1) is 0 Å². The van der Waals surface area contributed by atoms with Gasteiger partial charge in [-0.1, -0.05) is 53.1 Å². The van der Waals surface area contributed by atoms with Crippen LogP contribution in [0, 0.1) is 6.92 Å². The minimum absolute atomic E-state index is 0.156. The van der Waals surface area contributed by atoms with Crippen molar-refractivity contribution in [1.82, 2.24) is 5.32 Å². The minimum atomic E-state index is -0.156. The van der Waals surface area contributed by atoms with Crippen LogP contribution >= 0.6 is 0 Å². The van der Waals surface area contributed by atoms with E-state index < -0.39 is 0 Å². The zero-order valence-corrected chi connectivity index (χ0v) is 13.5. The molecule has 0 aliphatic heterocycles. The SMILES string of the molecule is Cc1ccc(C(=O)N/C(=N/[N+](C)(C)C)c2ccccc2)cc1. The third-order valence-corrected chi connectivity index (χ3v) is 2.99. The van der Waals surface area contributed by atoms with Crippen LogP contribution in [0.15, 0.2) is 59.7 Å². The summed E-state index contributed by atoms with van der Waals surface area (Å²) in [5.74, 6) is 0.412. The van der Waals surface area contributed by atoms with Crippen LogP contribution in [0.25, 0.3) is 0 Å². The molecule has 0 aliphatic carbocycles. The molecule has 4 nitrogen and oxygen atoms in total. The van der Waals surface area contributed by atoms with E-state index in [2.05, 4.69) is 10.4 Å². The monoisotopic (exact) mass is 296 g/mol. The van der Waals surface area contributed by atoms with Crippen LogP contribution in [-0.4, -0.2) is 37.5 Å². The molecular weight excluding hydrogens is 274 g/mol. The van der Waals surface area contributed by atoms with Gasteiger partial charge >= 0.3 is 0 Å². The Morgan fingerprint density at radius 3 is 2.05 bits per heavy atom. The third-order valence-electron chi connectivity index (χ3n) is 2.99. The molecule has 0 spiro atoms. The molecule has 0 aliphatic rings. The van der Waals surface area contributed by atoms with Crippen LogP contribution in [0.2, 0.25) is 0 Å². The summed E-state index contributed by atoms with van der Waals surface area (Å²) in [5, 5.41) is 7.51. The van der Waals surface area contributed by atoms with Gasteiger partial charge in [-0.2, -0.15) is 0 Å². The lowest BCUT2D eigenvalue weighted by Gasteiger charge is -2.18. The van der Waals surface area contributed by atoms with E-state index >= 15 is 0 Å². The lowest BCUT2D eigenvalue weighted by atomic mass is 10.1. The molecule has 0 atom stereocenters. The standard InChI is InChI=1S/C18H21N3O/c1-14-10-12-16(13-11-14)18(22)19-17(20-21(2,3)4)15-8-6-5-7-9-15/h5-13H,1-4H3/p+1. The van der Waals surface area contributed by atoms with Crippen molar-refractivity contribution in [2.75, 3.05) is 21.1 Å². The van der Waals surface area contributed by atoms with Crippen molar-refractivity contribution in [3.05, 3.63) is 71.3 Å². The molecule has 4 heteroatoms. The Bertz CT molecular complexity index is 668. The zero-order valence-electron chi connectivity index (χ0n) is 13.5. The summed E-state index contributed by atoms with van der Waals surface area (Å²) >= 11 is 0. The number of nitrogens with one attached hydrogen (secondary N) is 1. The average molecular weight is 296 g/mol. The summed E-state index contributed by atoms with van der Waals surface area (Å²) in [6.07, 6.45) is 0. The van der Waals surface area contributed by atoms with Crippen LogP contribution in [0.5, 0.6) is 0 Å². The van der Waals surface area contributed by atoms with E-state index in [0.717, 1.165) is 11.1 Å². The molecule has 0 saturated carbocycles. The van der Waals surface area contributed by atoms with Crippen molar-refractivity contribution in [2.24, 2.45) is 5.10 Å². The molecule has 0 saturated heterocycles. The number of amides is 1. The summed E-state index contributed by atoms with van der Waals surface area (Å²) in [7, 11) is 5.84. The molecule has 1 N–H and O–H groups in total. The van der Waals surface area contributed by atoms with Crippen molar-refractivity contribution < 1.29 is 9.39 Å². The van der Waals surface area contributed by atoms with Crippen molar-refractivity contribution in [3.8, 4) is 0 Å². The van der Waals surface area contributed by atoms with E-state index in [-0.39, 0.29) is 5.91 Å². The number of hydrogen-bond donors (Lipinski definition) is 1. The normalized spacial score (nSPS) is 12.1. The van der Waals surface area contributed by atoms with Gasteiger partial charge in [-0.05, 0) is 19.1 Å². The van der Waals surface area contributed by atoms with Gasteiger partial charge < -0.3 is 5.32 Å². The molecule has 2 aromatic carbocycles. The van der Waals surface area contributed by atoms with Crippen molar-refractivity contribution in [2.45, 2.75) is 6.92 Å². The maximum absolute atomic E-state index is 12.4. The van der Waals surface area contributed by atoms with Gasteiger partial charge in [0.1, 0.15) is 0 Å².